The molecule has 3 aromatic rings. The first-order valence-electron chi connectivity index (χ1n) is 7.00. The van der Waals surface area contributed by atoms with Gasteiger partial charge < -0.3 is 15.4 Å². The van der Waals surface area contributed by atoms with Gasteiger partial charge in [0, 0.05) is 11.9 Å². The number of pyridine rings is 1. The molecule has 1 aromatic carbocycles. The molecule has 0 aliphatic heterocycles. The molecule has 9 heteroatoms. The zero-order valence-corrected chi connectivity index (χ0v) is 13.1. The van der Waals surface area contributed by atoms with E-state index in [1.54, 1.807) is 12.1 Å². The second-order valence-corrected chi connectivity index (χ2v) is 5.16. The quantitative estimate of drug-likeness (QED) is 0.691. The second kappa shape index (κ2) is 7.18. The van der Waals surface area contributed by atoms with Crippen LogP contribution in [-0.2, 0) is 6.54 Å². The van der Waals surface area contributed by atoms with E-state index in [0.29, 0.717) is 17.3 Å². The Labute approximate surface area is 141 Å². The van der Waals surface area contributed by atoms with Crippen molar-refractivity contribution in [3.8, 4) is 5.75 Å². The van der Waals surface area contributed by atoms with E-state index in [2.05, 4.69) is 25.6 Å². The topological polar surface area (TPSA) is 63.5 Å². The highest BCUT2D eigenvalue weighted by Gasteiger charge is 2.06. The molecule has 124 valence electrons. The maximum atomic E-state index is 12.1. The van der Waals surface area contributed by atoms with Gasteiger partial charge in [-0.15, -0.1) is 10.2 Å². The van der Waals surface area contributed by atoms with Crippen molar-refractivity contribution in [2.75, 3.05) is 5.32 Å². The van der Waals surface area contributed by atoms with Crippen molar-refractivity contribution >= 4 is 28.7 Å². The van der Waals surface area contributed by atoms with Crippen LogP contribution in [0.15, 0.2) is 48.7 Å². The van der Waals surface area contributed by atoms with Crippen LogP contribution in [0.5, 0.6) is 5.75 Å². The van der Waals surface area contributed by atoms with Crippen molar-refractivity contribution < 1.29 is 13.5 Å². The number of fused-ring (bicyclic) bond motifs is 1. The highest BCUT2D eigenvalue weighted by Crippen LogP contribution is 2.17. The molecular formula is C15H13F2N5OS. The summed E-state index contributed by atoms with van der Waals surface area (Å²) in [4.78, 5) is 0. The van der Waals surface area contributed by atoms with E-state index in [1.807, 2.05) is 28.8 Å². The summed E-state index contributed by atoms with van der Waals surface area (Å²) in [6, 6.07) is 11.7. The van der Waals surface area contributed by atoms with Crippen LogP contribution < -0.4 is 15.4 Å². The average Bonchev–Trinajstić information content (AvgIpc) is 2.98. The van der Waals surface area contributed by atoms with Crippen LogP contribution in [0.25, 0.3) is 5.65 Å². The molecule has 0 atom stereocenters. The summed E-state index contributed by atoms with van der Waals surface area (Å²) >= 11 is 5.20. The fraction of sp³-hybridized carbons (Fsp3) is 0.133. The summed E-state index contributed by atoms with van der Waals surface area (Å²) in [6.07, 6.45) is 1.87. The number of aromatic nitrogens is 3. The van der Waals surface area contributed by atoms with Gasteiger partial charge in [0.05, 0.1) is 6.54 Å². The molecule has 6 nitrogen and oxygen atoms in total. The highest BCUT2D eigenvalue weighted by atomic mass is 32.1. The molecule has 0 unspecified atom stereocenters. The van der Waals surface area contributed by atoms with Crippen molar-refractivity contribution in [2.24, 2.45) is 0 Å². The van der Waals surface area contributed by atoms with Crippen molar-refractivity contribution in [3.63, 3.8) is 0 Å². The van der Waals surface area contributed by atoms with Gasteiger partial charge in [-0.3, -0.25) is 4.40 Å². The lowest BCUT2D eigenvalue weighted by atomic mass is 10.3. The predicted octanol–water partition coefficient (Wildman–Crippen LogP) is 2.82. The number of thiocarbonyl (C=S) groups is 1. The molecule has 0 aliphatic rings. The number of rotatable bonds is 5. The van der Waals surface area contributed by atoms with E-state index < -0.39 is 6.61 Å². The van der Waals surface area contributed by atoms with E-state index >= 15 is 0 Å². The molecule has 2 heterocycles. The molecule has 0 radical (unpaired) electrons. The SMILES string of the molecule is FC(F)Oc1ccc(NC(=S)NCc2nnc3ccccn23)cc1. The molecule has 0 bridgehead atoms. The van der Waals surface area contributed by atoms with Crippen molar-refractivity contribution in [1.29, 1.82) is 0 Å². The Balaban J connectivity index is 1.56. The molecule has 0 amide bonds. The normalized spacial score (nSPS) is 10.8. The third-order valence-electron chi connectivity index (χ3n) is 3.13. The Morgan fingerprint density at radius 2 is 1.96 bits per heavy atom. The van der Waals surface area contributed by atoms with Crippen LogP contribution in [0.2, 0.25) is 0 Å². The number of hydrogen-bond acceptors (Lipinski definition) is 4. The molecule has 2 N–H and O–H groups in total. The number of nitrogens with one attached hydrogen (secondary N) is 2. The van der Waals surface area contributed by atoms with Crippen LogP contribution in [0, 0.1) is 0 Å². The summed E-state index contributed by atoms with van der Waals surface area (Å²) in [5.74, 6) is 0.805. The number of hydrogen-bond donors (Lipinski definition) is 2. The van der Waals surface area contributed by atoms with E-state index in [0.717, 1.165) is 11.5 Å². The third-order valence-corrected chi connectivity index (χ3v) is 3.38. The van der Waals surface area contributed by atoms with Crippen molar-refractivity contribution in [3.05, 3.63) is 54.5 Å². The molecule has 0 spiro atoms. The number of benzene rings is 1. The Bertz CT molecular complexity index is 837. The fourth-order valence-electron chi connectivity index (χ4n) is 2.07. The molecular weight excluding hydrogens is 336 g/mol. The largest absolute Gasteiger partial charge is 0.435 e. The first kappa shape index (κ1) is 16.1. The number of ether oxygens (including phenoxy) is 1. The minimum Gasteiger partial charge on any atom is -0.435 e. The number of alkyl halides is 2. The first-order chi connectivity index (χ1) is 11.6. The van der Waals surface area contributed by atoms with Gasteiger partial charge in [0.25, 0.3) is 0 Å². The van der Waals surface area contributed by atoms with Crippen LogP contribution in [0.1, 0.15) is 5.82 Å². The van der Waals surface area contributed by atoms with Crippen molar-refractivity contribution in [1.82, 2.24) is 19.9 Å². The summed E-state index contributed by atoms with van der Waals surface area (Å²) in [5.41, 5.74) is 1.41. The van der Waals surface area contributed by atoms with Gasteiger partial charge in [0.2, 0.25) is 0 Å². The van der Waals surface area contributed by atoms with Crippen LogP contribution >= 0.6 is 12.2 Å². The van der Waals surface area contributed by atoms with Crippen LogP contribution in [0.4, 0.5) is 14.5 Å². The zero-order chi connectivity index (χ0) is 16.9. The van der Waals surface area contributed by atoms with E-state index in [1.165, 1.54) is 12.1 Å². The Kier molecular flexibility index (Phi) is 4.80. The van der Waals surface area contributed by atoms with Gasteiger partial charge >= 0.3 is 6.61 Å². The van der Waals surface area contributed by atoms with Gasteiger partial charge in [-0.05, 0) is 48.6 Å². The summed E-state index contributed by atoms with van der Waals surface area (Å²) < 4.78 is 30.3. The van der Waals surface area contributed by atoms with E-state index in [-0.39, 0.29) is 5.75 Å². The molecule has 0 fully saturated rings. The minimum absolute atomic E-state index is 0.0874. The maximum Gasteiger partial charge on any atom is 0.387 e. The second-order valence-electron chi connectivity index (χ2n) is 4.76. The smallest absolute Gasteiger partial charge is 0.387 e. The maximum absolute atomic E-state index is 12.1. The van der Waals surface area contributed by atoms with E-state index in [9.17, 15) is 8.78 Å². The summed E-state index contributed by atoms with van der Waals surface area (Å²) in [7, 11) is 0. The van der Waals surface area contributed by atoms with Crippen molar-refractivity contribution in [2.45, 2.75) is 13.2 Å². The third kappa shape index (κ3) is 3.93. The summed E-state index contributed by atoms with van der Waals surface area (Å²) in [6.45, 7) is -2.45. The van der Waals surface area contributed by atoms with Crippen LogP contribution in [-0.4, -0.2) is 26.3 Å². The molecule has 3 rings (SSSR count). The standard InChI is InChI=1S/C15H13F2N5OS/c16-14(17)23-11-6-4-10(5-7-11)19-15(24)18-9-13-21-20-12-3-1-2-8-22(12)13/h1-8,14H,9H2,(H2,18,19,24). The predicted molar refractivity (Wildman–Crippen MR) is 89.1 cm³/mol. The lowest BCUT2D eigenvalue weighted by molar-refractivity contribution is -0.0498. The van der Waals surface area contributed by atoms with Gasteiger partial charge in [-0.25, -0.2) is 0 Å². The zero-order valence-electron chi connectivity index (χ0n) is 12.3. The Morgan fingerprint density at radius 3 is 2.71 bits per heavy atom. The molecule has 2 aromatic heterocycles. The average molecular weight is 349 g/mol. The van der Waals surface area contributed by atoms with Gasteiger partial charge in [-0.2, -0.15) is 8.78 Å². The van der Waals surface area contributed by atoms with E-state index in [4.69, 9.17) is 12.2 Å². The number of halogens is 2. The first-order valence-corrected chi connectivity index (χ1v) is 7.41. The number of anilines is 1. The van der Waals surface area contributed by atoms with Gasteiger partial charge in [-0.1, -0.05) is 6.07 Å². The lowest BCUT2D eigenvalue weighted by Gasteiger charge is -2.10. The van der Waals surface area contributed by atoms with Gasteiger partial charge in [0.15, 0.2) is 16.6 Å². The molecule has 0 saturated heterocycles. The minimum atomic E-state index is -2.84. The Hall–Kier alpha value is -2.81. The van der Waals surface area contributed by atoms with Gasteiger partial charge in [0.1, 0.15) is 5.75 Å². The fourth-order valence-corrected chi connectivity index (χ4v) is 2.26. The highest BCUT2D eigenvalue weighted by molar-refractivity contribution is 7.80. The lowest BCUT2D eigenvalue weighted by Crippen LogP contribution is -2.28. The molecule has 24 heavy (non-hydrogen) atoms. The monoisotopic (exact) mass is 349 g/mol. The van der Waals surface area contributed by atoms with Crippen LogP contribution in [0.3, 0.4) is 0 Å². The Morgan fingerprint density at radius 1 is 1.17 bits per heavy atom. The molecule has 0 aliphatic carbocycles. The number of nitrogens with zero attached hydrogens (tertiary/aromatic N) is 3. The summed E-state index contributed by atoms with van der Waals surface area (Å²) in [5, 5.41) is 14.5. The molecule has 0 saturated carbocycles.